The van der Waals surface area contributed by atoms with Gasteiger partial charge in [0.15, 0.2) is 0 Å². The van der Waals surface area contributed by atoms with Crippen molar-refractivity contribution in [2.75, 3.05) is 7.18 Å². The molecule has 0 spiro atoms. The predicted molar refractivity (Wildman–Crippen MR) is 172 cm³/mol. The summed E-state index contributed by atoms with van der Waals surface area (Å²) in [5.41, 5.74) is 6.98. The van der Waals surface area contributed by atoms with Crippen molar-refractivity contribution in [2.24, 2.45) is 0 Å². The molecule has 0 fully saturated rings. The first-order valence-electron chi connectivity index (χ1n) is 14.3. The molecule has 10 heteroatoms. The highest BCUT2D eigenvalue weighted by Crippen LogP contribution is 2.35. The van der Waals surface area contributed by atoms with Gasteiger partial charge in [0.2, 0.25) is 0 Å². The molecular formula is C34H33Cl2FN6O. The van der Waals surface area contributed by atoms with Gasteiger partial charge < -0.3 is 10.3 Å². The van der Waals surface area contributed by atoms with Crippen LogP contribution in [0.3, 0.4) is 0 Å². The second-order valence-corrected chi connectivity index (χ2v) is 11.3. The van der Waals surface area contributed by atoms with Crippen molar-refractivity contribution >= 4 is 29.1 Å². The molecule has 0 saturated heterocycles. The van der Waals surface area contributed by atoms with E-state index in [9.17, 15) is 9.18 Å². The van der Waals surface area contributed by atoms with Gasteiger partial charge >= 0.3 is 0 Å². The van der Waals surface area contributed by atoms with Crippen LogP contribution in [0, 0.1) is 0 Å². The Labute approximate surface area is 266 Å². The van der Waals surface area contributed by atoms with Crippen molar-refractivity contribution in [1.29, 1.82) is 0 Å². The fraction of sp³-hybridized carbons (Fsp3) is 0.235. The van der Waals surface area contributed by atoms with Crippen molar-refractivity contribution in [3.8, 4) is 11.3 Å². The molecule has 3 heterocycles. The number of aryl methyl sites for hydroxylation is 1. The predicted octanol–water partition coefficient (Wildman–Crippen LogP) is 7.77. The summed E-state index contributed by atoms with van der Waals surface area (Å²) in [5, 5.41) is 3.35. The Morgan fingerprint density at radius 3 is 2.41 bits per heavy atom. The third kappa shape index (κ3) is 7.50. The van der Waals surface area contributed by atoms with Gasteiger partial charge in [-0.05, 0) is 47.6 Å². The zero-order valence-electron chi connectivity index (χ0n) is 24.3. The molecule has 0 saturated carbocycles. The van der Waals surface area contributed by atoms with Gasteiger partial charge in [0.25, 0.3) is 5.91 Å². The Morgan fingerprint density at radius 1 is 0.932 bits per heavy atom. The van der Waals surface area contributed by atoms with Crippen LogP contribution >= 0.6 is 23.2 Å². The molecular weight excluding hydrogens is 598 g/mol. The first-order chi connectivity index (χ1) is 21.5. The van der Waals surface area contributed by atoms with Crippen molar-refractivity contribution in [1.82, 2.24) is 30.2 Å². The summed E-state index contributed by atoms with van der Waals surface area (Å²) in [7, 11) is 0.500. The number of carbonyl (C=O) groups excluding carboxylic acids is 1. The molecule has 6 rings (SSSR count). The molecule has 44 heavy (non-hydrogen) atoms. The maximum Gasteiger partial charge on any atom is 0.254 e. The number of fused-ring (bicyclic) bond motifs is 1. The lowest BCUT2D eigenvalue weighted by Crippen LogP contribution is -2.31. The van der Waals surface area contributed by atoms with E-state index >= 15 is 0 Å². The fourth-order valence-corrected chi connectivity index (χ4v) is 6.05. The molecule has 7 nitrogen and oxygen atoms in total. The molecule has 0 radical (unpaired) electrons. The number of H-pyrrole nitrogens is 1. The highest BCUT2D eigenvalue weighted by Gasteiger charge is 2.28. The van der Waals surface area contributed by atoms with Gasteiger partial charge in [-0.2, -0.15) is 0 Å². The number of alkyl halides is 1. The molecule has 1 unspecified atom stereocenters. The van der Waals surface area contributed by atoms with E-state index in [1.807, 2.05) is 48.8 Å². The van der Waals surface area contributed by atoms with E-state index in [-0.39, 0.29) is 27.6 Å². The zero-order chi connectivity index (χ0) is 30.9. The van der Waals surface area contributed by atoms with Crippen LogP contribution in [0.2, 0.25) is 10.0 Å². The van der Waals surface area contributed by atoms with Gasteiger partial charge in [0.05, 0.1) is 53.0 Å². The average Bonchev–Trinajstić information content (AvgIpc) is 3.54. The summed E-state index contributed by atoms with van der Waals surface area (Å²) in [4.78, 5) is 32.1. The highest BCUT2D eigenvalue weighted by atomic mass is 35.5. The summed E-state index contributed by atoms with van der Waals surface area (Å²) in [5.74, 6) is 0.587. The number of nitrogens with one attached hydrogen (secondary N) is 2. The molecule has 1 aliphatic rings. The third-order valence-electron chi connectivity index (χ3n) is 7.61. The number of imidazole rings is 1. The van der Waals surface area contributed by atoms with Crippen molar-refractivity contribution < 1.29 is 9.18 Å². The molecule has 226 valence electrons. The molecule has 0 bridgehead atoms. The number of benzene rings is 2. The van der Waals surface area contributed by atoms with E-state index < -0.39 is 0 Å². The van der Waals surface area contributed by atoms with Crippen LogP contribution in [0.4, 0.5) is 4.39 Å². The first-order valence-corrected chi connectivity index (χ1v) is 15.1. The van der Waals surface area contributed by atoms with E-state index in [1.54, 1.807) is 0 Å². The zero-order valence-corrected chi connectivity index (χ0v) is 25.8. The van der Waals surface area contributed by atoms with Crippen LogP contribution in [0.15, 0.2) is 91.5 Å². The van der Waals surface area contributed by atoms with E-state index in [0.29, 0.717) is 20.3 Å². The maximum absolute atomic E-state index is 12.7. The number of hydrogen-bond donors (Lipinski definition) is 2. The van der Waals surface area contributed by atoms with E-state index in [0.717, 1.165) is 54.1 Å². The van der Waals surface area contributed by atoms with E-state index in [4.69, 9.17) is 33.2 Å². The minimum Gasteiger partial charge on any atom is -0.348 e. The normalized spacial score (nSPS) is 14.0. The number of pyridine rings is 2. The van der Waals surface area contributed by atoms with Crippen molar-refractivity contribution in [3.63, 3.8) is 0 Å². The molecule has 1 atom stereocenters. The van der Waals surface area contributed by atoms with Crippen LogP contribution < -0.4 is 5.32 Å². The van der Waals surface area contributed by atoms with Crippen LogP contribution in [-0.2, 0) is 26.1 Å². The molecule has 3 aromatic heterocycles. The lowest BCUT2D eigenvalue weighted by atomic mass is 9.90. The molecule has 2 N–H and O–H groups in total. The van der Waals surface area contributed by atoms with Crippen LogP contribution in [0.1, 0.15) is 57.5 Å². The Hall–Kier alpha value is -4.11. The summed E-state index contributed by atoms with van der Waals surface area (Å²) in [6.45, 7) is 1.75. The highest BCUT2D eigenvalue weighted by molar-refractivity contribution is 6.39. The van der Waals surface area contributed by atoms with Gasteiger partial charge in [-0.3, -0.25) is 24.1 Å². The largest absolute Gasteiger partial charge is 0.348 e. The monoisotopic (exact) mass is 630 g/mol. The third-order valence-corrected chi connectivity index (χ3v) is 8.19. The number of aromatic amines is 1. The smallest absolute Gasteiger partial charge is 0.254 e. The molecule has 0 aliphatic heterocycles. The second kappa shape index (κ2) is 15.1. The Bertz CT molecular complexity index is 1660. The van der Waals surface area contributed by atoms with Gasteiger partial charge in [0, 0.05) is 31.7 Å². The summed E-state index contributed by atoms with van der Waals surface area (Å²) in [6.07, 6.45) is 9.85. The Morgan fingerprint density at radius 2 is 1.66 bits per heavy atom. The van der Waals surface area contributed by atoms with Gasteiger partial charge in [-0.15, -0.1) is 0 Å². The van der Waals surface area contributed by atoms with Gasteiger partial charge in [-0.1, -0.05) is 83.9 Å². The van der Waals surface area contributed by atoms with Crippen LogP contribution in [0.25, 0.3) is 11.3 Å². The standard InChI is InChI=1S/C33H30Cl2N6O.CH3F/c34-26-17-36-18-27(35)31(26)33(42)39-16-22-11-13-23(14-12-22)20-41(29-10-4-8-25-9-5-15-37-32(25)29)21-30-38-19-28(40-30)24-6-2-1-3-7-24;1-2/h1-3,5-7,9,11-15,17-19,29H,4,8,10,16,20-21H2,(H,38,40)(H,39,42);1H3. The fourth-order valence-electron chi connectivity index (χ4n) is 5.51. The number of nitrogens with zero attached hydrogens (tertiary/aromatic N) is 4. The van der Waals surface area contributed by atoms with Gasteiger partial charge in [0.1, 0.15) is 5.82 Å². The number of hydrogen-bond acceptors (Lipinski definition) is 5. The maximum atomic E-state index is 12.7. The lowest BCUT2D eigenvalue weighted by molar-refractivity contribution is 0.0951. The number of amides is 1. The molecule has 5 aromatic rings. The number of halogens is 3. The van der Waals surface area contributed by atoms with Crippen LogP contribution in [0.5, 0.6) is 0 Å². The van der Waals surface area contributed by atoms with Crippen molar-refractivity contribution in [2.45, 2.75) is 44.9 Å². The average molecular weight is 632 g/mol. The lowest BCUT2D eigenvalue weighted by Gasteiger charge is -2.34. The van der Waals surface area contributed by atoms with E-state index in [2.05, 4.69) is 50.5 Å². The molecule has 1 aliphatic carbocycles. The Kier molecular flexibility index (Phi) is 10.7. The van der Waals surface area contributed by atoms with Gasteiger partial charge in [-0.25, -0.2) is 4.98 Å². The van der Waals surface area contributed by atoms with E-state index in [1.165, 1.54) is 23.5 Å². The minimum atomic E-state index is -0.334. The first kappa shape index (κ1) is 31.3. The summed E-state index contributed by atoms with van der Waals surface area (Å²) < 4.78 is 9.50. The van der Waals surface area contributed by atoms with Crippen LogP contribution in [-0.4, -0.2) is 37.9 Å². The SMILES string of the molecule is CF.O=C(NCc1ccc(CN(Cc2ncc(-c3ccccc3)[nH]2)C2CCCc3cccnc32)cc1)c1c(Cl)cncc1Cl. The number of aromatic nitrogens is 4. The summed E-state index contributed by atoms with van der Waals surface area (Å²) in [6, 6.07) is 23.0. The Balaban J connectivity index is 0.00000188. The van der Waals surface area contributed by atoms with Crippen molar-refractivity contribution in [3.05, 3.63) is 135 Å². The number of rotatable bonds is 9. The molecule has 2 aromatic carbocycles. The minimum absolute atomic E-state index is 0.189. The quantitative estimate of drug-likeness (QED) is 0.174. The summed E-state index contributed by atoms with van der Waals surface area (Å²) >= 11 is 12.3. The number of carbonyl (C=O) groups is 1. The molecule has 1 amide bonds. The second-order valence-electron chi connectivity index (χ2n) is 10.4. The topological polar surface area (TPSA) is 86.8 Å².